The Morgan fingerprint density at radius 1 is 1.82 bits per heavy atom. The predicted molar refractivity (Wildman–Crippen MR) is 47.8 cm³/mol. The van der Waals surface area contributed by atoms with Crippen molar-refractivity contribution in [1.29, 1.82) is 0 Å². The van der Waals surface area contributed by atoms with Crippen LogP contribution in [0.1, 0.15) is 23.0 Å². The number of carboxylic acids is 1. The number of carboxylic acid groups (broad SMARTS) is 1. The summed E-state index contributed by atoms with van der Waals surface area (Å²) in [4.78, 5) is 10.5. The average Bonchev–Trinajstić information content (AvgIpc) is 2.30. The van der Waals surface area contributed by atoms with Crippen molar-refractivity contribution in [2.45, 2.75) is 13.3 Å². The highest BCUT2D eigenvalue weighted by Gasteiger charge is 2.13. The Bertz CT molecular complexity index is 277. The lowest BCUT2D eigenvalue weighted by atomic mass is 10.2. The summed E-state index contributed by atoms with van der Waals surface area (Å²) in [5.74, 6) is -0.379. The molecule has 1 aromatic rings. The Balaban J connectivity index is 3.12. The Morgan fingerprint density at radius 2 is 2.45 bits per heavy atom. The van der Waals surface area contributed by atoms with Crippen LogP contribution in [0.3, 0.4) is 0 Å². The molecule has 0 radical (unpaired) electrons. The molecule has 0 aliphatic carbocycles. The van der Waals surface area contributed by atoms with Gasteiger partial charge >= 0.3 is 5.97 Å². The van der Waals surface area contributed by atoms with Gasteiger partial charge in [0, 0.05) is 12.5 Å². The molecule has 0 unspecified atom stereocenters. The van der Waals surface area contributed by atoms with Crippen molar-refractivity contribution < 1.29 is 14.3 Å². The third-order valence-corrected chi connectivity index (χ3v) is 1.86. The molecule has 0 aromatic carbocycles. The fourth-order valence-electron chi connectivity index (χ4n) is 0.840. The fraction of sp³-hybridized carbons (Fsp3) is 0.286. The zero-order chi connectivity index (χ0) is 8.43. The van der Waals surface area contributed by atoms with Gasteiger partial charge in [0.25, 0.3) is 0 Å². The van der Waals surface area contributed by atoms with Crippen LogP contribution in [0.4, 0.5) is 0 Å². The minimum absolute atomic E-state index is 0.275. The van der Waals surface area contributed by atoms with Crippen molar-refractivity contribution in [3.05, 3.63) is 21.2 Å². The van der Waals surface area contributed by atoms with E-state index in [1.54, 1.807) is 0 Å². The molecule has 0 atom stereocenters. The lowest BCUT2D eigenvalue weighted by Gasteiger charge is -1.90. The van der Waals surface area contributed by atoms with Crippen molar-refractivity contribution in [2.24, 2.45) is 0 Å². The zero-order valence-electron chi connectivity index (χ0n) is 5.93. The molecule has 0 spiro atoms. The molecular formula is C7H7IO3. The van der Waals surface area contributed by atoms with Gasteiger partial charge in [-0.05, 0) is 22.6 Å². The Kier molecular flexibility index (Phi) is 2.53. The van der Waals surface area contributed by atoms with Crippen LogP contribution in [0.25, 0.3) is 0 Å². The SMILES string of the molecule is CCc1oc(I)cc1C(=O)O. The molecule has 0 saturated heterocycles. The molecule has 0 saturated carbocycles. The zero-order valence-corrected chi connectivity index (χ0v) is 8.08. The molecule has 0 fully saturated rings. The molecule has 3 nitrogen and oxygen atoms in total. The van der Waals surface area contributed by atoms with E-state index in [1.165, 1.54) is 6.07 Å². The van der Waals surface area contributed by atoms with Gasteiger partial charge in [-0.25, -0.2) is 4.79 Å². The minimum Gasteiger partial charge on any atom is -0.478 e. The average molecular weight is 266 g/mol. The van der Waals surface area contributed by atoms with Crippen LogP contribution in [-0.2, 0) is 6.42 Å². The molecule has 0 bridgehead atoms. The Hall–Kier alpha value is -0.520. The van der Waals surface area contributed by atoms with E-state index in [-0.39, 0.29) is 5.56 Å². The maximum atomic E-state index is 10.5. The van der Waals surface area contributed by atoms with Gasteiger partial charge in [-0.15, -0.1) is 0 Å². The van der Waals surface area contributed by atoms with E-state index in [1.807, 2.05) is 29.5 Å². The van der Waals surface area contributed by atoms with Gasteiger partial charge in [-0.1, -0.05) is 6.92 Å². The lowest BCUT2D eigenvalue weighted by molar-refractivity contribution is 0.0694. The number of carbonyl (C=O) groups is 1. The highest BCUT2D eigenvalue weighted by atomic mass is 127. The number of aryl methyl sites for hydroxylation is 1. The van der Waals surface area contributed by atoms with Gasteiger partial charge in [-0.3, -0.25) is 0 Å². The summed E-state index contributed by atoms with van der Waals surface area (Å²) in [6.07, 6.45) is 0.616. The highest BCUT2D eigenvalue weighted by Crippen LogP contribution is 2.17. The van der Waals surface area contributed by atoms with E-state index in [4.69, 9.17) is 9.52 Å². The number of furan rings is 1. The topological polar surface area (TPSA) is 50.4 Å². The van der Waals surface area contributed by atoms with Crippen molar-refractivity contribution >= 4 is 28.6 Å². The predicted octanol–water partition coefficient (Wildman–Crippen LogP) is 2.14. The largest absolute Gasteiger partial charge is 0.478 e. The standard InChI is InChI=1S/C7H7IO3/c1-2-5-4(7(9)10)3-6(8)11-5/h3H,2H2,1H3,(H,9,10). The maximum absolute atomic E-state index is 10.5. The molecule has 0 amide bonds. The smallest absolute Gasteiger partial charge is 0.339 e. The molecule has 1 heterocycles. The van der Waals surface area contributed by atoms with Gasteiger partial charge in [0.2, 0.25) is 0 Å². The molecule has 1 N–H and O–H groups in total. The van der Waals surface area contributed by atoms with Crippen LogP contribution in [0.5, 0.6) is 0 Å². The van der Waals surface area contributed by atoms with Crippen LogP contribution in [0.15, 0.2) is 10.5 Å². The van der Waals surface area contributed by atoms with Gasteiger partial charge in [0.05, 0.1) is 0 Å². The molecule has 11 heavy (non-hydrogen) atoms. The number of halogens is 1. The molecule has 0 aliphatic rings. The quantitative estimate of drug-likeness (QED) is 0.834. The molecular weight excluding hydrogens is 259 g/mol. The fourth-order valence-corrected chi connectivity index (χ4v) is 1.42. The summed E-state index contributed by atoms with van der Waals surface area (Å²) in [6.45, 7) is 1.86. The number of hydrogen-bond donors (Lipinski definition) is 1. The summed E-state index contributed by atoms with van der Waals surface area (Å²) in [6, 6.07) is 1.53. The molecule has 4 heteroatoms. The second-order valence-electron chi connectivity index (χ2n) is 2.05. The Labute approximate surface area is 77.5 Å². The van der Waals surface area contributed by atoms with Crippen LogP contribution >= 0.6 is 22.6 Å². The number of rotatable bonds is 2. The summed E-state index contributed by atoms with van der Waals surface area (Å²) in [7, 11) is 0. The number of aromatic carboxylic acids is 1. The monoisotopic (exact) mass is 266 g/mol. The van der Waals surface area contributed by atoms with Crippen molar-refractivity contribution in [3.63, 3.8) is 0 Å². The third-order valence-electron chi connectivity index (χ3n) is 1.33. The van der Waals surface area contributed by atoms with Crippen molar-refractivity contribution in [1.82, 2.24) is 0 Å². The van der Waals surface area contributed by atoms with Gasteiger partial charge in [0.1, 0.15) is 11.3 Å². The molecule has 0 aliphatic heterocycles. The minimum atomic E-state index is -0.923. The summed E-state index contributed by atoms with van der Waals surface area (Å²) >= 11 is 1.95. The van der Waals surface area contributed by atoms with Crippen LogP contribution in [0, 0.1) is 3.77 Å². The van der Waals surface area contributed by atoms with E-state index >= 15 is 0 Å². The van der Waals surface area contributed by atoms with Crippen LogP contribution in [0.2, 0.25) is 0 Å². The first kappa shape index (κ1) is 8.58. The third kappa shape index (κ3) is 1.74. The van der Waals surface area contributed by atoms with E-state index in [9.17, 15) is 4.79 Å². The lowest BCUT2D eigenvalue weighted by Crippen LogP contribution is -1.97. The second kappa shape index (κ2) is 3.25. The van der Waals surface area contributed by atoms with Crippen molar-refractivity contribution in [2.75, 3.05) is 0 Å². The van der Waals surface area contributed by atoms with E-state index in [2.05, 4.69) is 0 Å². The van der Waals surface area contributed by atoms with Gasteiger partial charge in [0.15, 0.2) is 3.77 Å². The number of hydrogen-bond acceptors (Lipinski definition) is 2. The summed E-state index contributed by atoms with van der Waals surface area (Å²) in [5, 5.41) is 8.65. The first-order valence-electron chi connectivity index (χ1n) is 3.16. The highest BCUT2D eigenvalue weighted by molar-refractivity contribution is 14.1. The van der Waals surface area contributed by atoms with Crippen LogP contribution in [-0.4, -0.2) is 11.1 Å². The first-order chi connectivity index (χ1) is 5.15. The second-order valence-corrected chi connectivity index (χ2v) is 3.11. The maximum Gasteiger partial charge on any atom is 0.339 e. The van der Waals surface area contributed by atoms with Gasteiger partial charge in [-0.2, -0.15) is 0 Å². The van der Waals surface area contributed by atoms with E-state index < -0.39 is 5.97 Å². The first-order valence-corrected chi connectivity index (χ1v) is 4.24. The normalized spacial score (nSPS) is 10.0. The van der Waals surface area contributed by atoms with Crippen molar-refractivity contribution in [3.8, 4) is 0 Å². The summed E-state index contributed by atoms with van der Waals surface area (Å²) < 4.78 is 5.75. The Morgan fingerprint density at radius 3 is 2.82 bits per heavy atom. The van der Waals surface area contributed by atoms with E-state index in [0.717, 1.165) is 0 Å². The van der Waals surface area contributed by atoms with Crippen LogP contribution < -0.4 is 0 Å². The summed E-state index contributed by atoms with van der Waals surface area (Å²) in [5.41, 5.74) is 0.275. The molecule has 1 rings (SSSR count). The van der Waals surface area contributed by atoms with E-state index in [0.29, 0.717) is 15.9 Å². The van der Waals surface area contributed by atoms with Gasteiger partial charge < -0.3 is 9.52 Å². The molecule has 60 valence electrons. The molecule has 1 aromatic heterocycles.